The molecule has 1 fully saturated rings. The predicted molar refractivity (Wildman–Crippen MR) is 83.8 cm³/mol. The fourth-order valence-electron chi connectivity index (χ4n) is 3.37. The number of benzene rings is 1. The number of nitrogens with zero attached hydrogens (tertiary/aromatic N) is 1. The Bertz CT molecular complexity index is 676. The fraction of sp³-hybridized carbons (Fsp3) is 0.389. The van der Waals surface area contributed by atoms with Crippen LogP contribution >= 0.6 is 0 Å². The van der Waals surface area contributed by atoms with E-state index in [0.717, 1.165) is 29.2 Å². The van der Waals surface area contributed by atoms with Crippen LogP contribution < -0.4 is 0 Å². The van der Waals surface area contributed by atoms with Crippen molar-refractivity contribution in [3.8, 4) is 0 Å². The molecule has 0 saturated carbocycles. The molecule has 3 rings (SSSR count). The summed E-state index contributed by atoms with van der Waals surface area (Å²) in [5.41, 5.74) is 2.31. The predicted octanol–water partition coefficient (Wildman–Crippen LogP) is 3.20. The monoisotopic (exact) mass is 299 g/mol. The van der Waals surface area contributed by atoms with Crippen LogP contribution in [0.2, 0.25) is 0 Å². The lowest BCUT2D eigenvalue weighted by Gasteiger charge is -2.17. The van der Waals surface area contributed by atoms with Crippen LogP contribution in [0.1, 0.15) is 28.6 Å². The molecule has 0 aliphatic carbocycles. The van der Waals surface area contributed by atoms with E-state index in [1.165, 1.54) is 0 Å². The van der Waals surface area contributed by atoms with E-state index in [2.05, 4.69) is 11.0 Å². The summed E-state index contributed by atoms with van der Waals surface area (Å²) in [4.78, 5) is 13.8. The van der Waals surface area contributed by atoms with E-state index < -0.39 is 5.97 Å². The number of aryl methyl sites for hydroxylation is 2. The van der Waals surface area contributed by atoms with Crippen molar-refractivity contribution in [1.29, 1.82) is 0 Å². The van der Waals surface area contributed by atoms with Crippen LogP contribution in [0.15, 0.2) is 40.8 Å². The summed E-state index contributed by atoms with van der Waals surface area (Å²) in [5.74, 6) is 0.741. The lowest BCUT2D eigenvalue weighted by Crippen LogP contribution is -2.23. The van der Waals surface area contributed by atoms with E-state index >= 15 is 0 Å². The van der Waals surface area contributed by atoms with Crippen LogP contribution in [0, 0.1) is 19.8 Å². The zero-order valence-electron chi connectivity index (χ0n) is 13.0. The zero-order valence-corrected chi connectivity index (χ0v) is 13.0. The number of carboxylic acids is 1. The summed E-state index contributed by atoms with van der Waals surface area (Å²) in [7, 11) is 0. The highest BCUT2D eigenvalue weighted by Crippen LogP contribution is 2.35. The van der Waals surface area contributed by atoms with Gasteiger partial charge in [0, 0.05) is 19.0 Å². The molecule has 116 valence electrons. The van der Waals surface area contributed by atoms with Crippen LogP contribution in [-0.4, -0.2) is 29.1 Å². The maximum Gasteiger partial charge on any atom is 0.308 e. The van der Waals surface area contributed by atoms with Crippen molar-refractivity contribution in [2.45, 2.75) is 26.3 Å². The Labute approximate surface area is 130 Å². The van der Waals surface area contributed by atoms with Gasteiger partial charge in [0.2, 0.25) is 0 Å². The first-order chi connectivity index (χ1) is 10.5. The van der Waals surface area contributed by atoms with Crippen molar-refractivity contribution in [3.05, 3.63) is 59.0 Å². The fourth-order valence-corrected chi connectivity index (χ4v) is 3.37. The van der Waals surface area contributed by atoms with Crippen LogP contribution in [0.25, 0.3) is 0 Å². The third kappa shape index (κ3) is 2.92. The normalized spacial score (nSPS) is 22.1. The van der Waals surface area contributed by atoms with Gasteiger partial charge in [0.25, 0.3) is 0 Å². The zero-order chi connectivity index (χ0) is 15.7. The molecular formula is C18H21NO3. The standard InChI is InChI=1S/C18H21NO3/c1-12-5-3-4-6-15(12)16-10-19(11-17(16)18(20)21)9-14-8-7-13(2)22-14/h3-8,16-17H,9-11H2,1-2H3,(H,20,21)/t16-,17+/m0/s1. The van der Waals surface area contributed by atoms with E-state index in [1.54, 1.807) is 0 Å². The molecule has 0 amide bonds. The molecule has 4 heteroatoms. The lowest BCUT2D eigenvalue weighted by atomic mass is 9.86. The third-order valence-corrected chi connectivity index (χ3v) is 4.48. The maximum absolute atomic E-state index is 11.6. The smallest absolute Gasteiger partial charge is 0.308 e. The number of carboxylic acid groups (broad SMARTS) is 1. The van der Waals surface area contributed by atoms with Crippen molar-refractivity contribution < 1.29 is 14.3 Å². The van der Waals surface area contributed by atoms with Gasteiger partial charge in [0.15, 0.2) is 0 Å². The minimum Gasteiger partial charge on any atom is -0.481 e. The van der Waals surface area contributed by atoms with Gasteiger partial charge in [-0.25, -0.2) is 0 Å². The average Bonchev–Trinajstić information content (AvgIpc) is 3.06. The highest BCUT2D eigenvalue weighted by molar-refractivity contribution is 5.72. The quantitative estimate of drug-likeness (QED) is 0.942. The van der Waals surface area contributed by atoms with Crippen molar-refractivity contribution in [2.24, 2.45) is 5.92 Å². The number of furan rings is 1. The van der Waals surface area contributed by atoms with Crippen molar-refractivity contribution in [2.75, 3.05) is 13.1 Å². The first kappa shape index (κ1) is 14.9. The van der Waals surface area contributed by atoms with Crippen LogP contribution in [-0.2, 0) is 11.3 Å². The number of aliphatic carboxylic acids is 1. The summed E-state index contributed by atoms with van der Waals surface area (Å²) < 4.78 is 5.62. The van der Waals surface area contributed by atoms with E-state index in [4.69, 9.17) is 4.42 Å². The molecule has 2 heterocycles. The second-order valence-corrected chi connectivity index (χ2v) is 6.11. The lowest BCUT2D eigenvalue weighted by molar-refractivity contribution is -0.141. The van der Waals surface area contributed by atoms with Gasteiger partial charge in [-0.2, -0.15) is 0 Å². The summed E-state index contributed by atoms with van der Waals surface area (Å²) >= 11 is 0. The van der Waals surface area contributed by atoms with Gasteiger partial charge >= 0.3 is 5.97 Å². The second kappa shape index (κ2) is 5.97. The molecule has 0 unspecified atom stereocenters. The third-order valence-electron chi connectivity index (χ3n) is 4.48. The van der Waals surface area contributed by atoms with Crippen LogP contribution in [0.4, 0.5) is 0 Å². The number of rotatable bonds is 4. The van der Waals surface area contributed by atoms with Gasteiger partial charge in [-0.1, -0.05) is 24.3 Å². The molecule has 2 aromatic rings. The molecule has 0 spiro atoms. The van der Waals surface area contributed by atoms with Crippen molar-refractivity contribution in [1.82, 2.24) is 4.90 Å². The minimum absolute atomic E-state index is 0.0368. The van der Waals surface area contributed by atoms with Gasteiger partial charge in [0.05, 0.1) is 12.5 Å². The molecule has 1 aromatic heterocycles. The van der Waals surface area contributed by atoms with Gasteiger partial charge in [-0.3, -0.25) is 9.69 Å². The van der Waals surface area contributed by atoms with E-state index in [-0.39, 0.29) is 11.8 Å². The largest absolute Gasteiger partial charge is 0.481 e. The molecule has 1 saturated heterocycles. The van der Waals surface area contributed by atoms with E-state index in [0.29, 0.717) is 13.1 Å². The molecule has 4 nitrogen and oxygen atoms in total. The number of likely N-dealkylation sites (tertiary alicyclic amines) is 1. The summed E-state index contributed by atoms with van der Waals surface area (Å²) in [6.07, 6.45) is 0. The molecule has 0 bridgehead atoms. The van der Waals surface area contributed by atoms with Gasteiger partial charge in [-0.05, 0) is 37.1 Å². The molecular weight excluding hydrogens is 278 g/mol. The number of hydrogen-bond donors (Lipinski definition) is 1. The molecule has 1 aromatic carbocycles. The van der Waals surface area contributed by atoms with E-state index in [9.17, 15) is 9.90 Å². The Balaban J connectivity index is 1.81. The van der Waals surface area contributed by atoms with Crippen LogP contribution in [0.5, 0.6) is 0 Å². The Morgan fingerprint density at radius 1 is 1.23 bits per heavy atom. The first-order valence-corrected chi connectivity index (χ1v) is 7.60. The second-order valence-electron chi connectivity index (χ2n) is 6.11. The molecule has 1 aliphatic rings. The van der Waals surface area contributed by atoms with Gasteiger partial charge in [-0.15, -0.1) is 0 Å². The van der Waals surface area contributed by atoms with Crippen molar-refractivity contribution >= 4 is 5.97 Å². The first-order valence-electron chi connectivity index (χ1n) is 7.60. The highest BCUT2D eigenvalue weighted by atomic mass is 16.4. The Kier molecular flexibility index (Phi) is 4.03. The number of hydrogen-bond acceptors (Lipinski definition) is 3. The van der Waals surface area contributed by atoms with Gasteiger partial charge in [0.1, 0.15) is 11.5 Å². The van der Waals surface area contributed by atoms with Crippen molar-refractivity contribution in [3.63, 3.8) is 0 Å². The highest BCUT2D eigenvalue weighted by Gasteiger charge is 2.39. The van der Waals surface area contributed by atoms with Crippen LogP contribution in [0.3, 0.4) is 0 Å². The van der Waals surface area contributed by atoms with Gasteiger partial charge < -0.3 is 9.52 Å². The Hall–Kier alpha value is -2.07. The summed E-state index contributed by atoms with van der Waals surface area (Å²) in [6, 6.07) is 12.0. The molecule has 1 aliphatic heterocycles. The SMILES string of the molecule is Cc1ccc(CN2C[C@@H](C(=O)O)[C@H](c3ccccc3C)C2)o1. The Morgan fingerprint density at radius 3 is 2.64 bits per heavy atom. The minimum atomic E-state index is -0.716. The maximum atomic E-state index is 11.6. The van der Waals surface area contributed by atoms with E-state index in [1.807, 2.05) is 44.2 Å². The molecule has 0 radical (unpaired) electrons. The molecule has 1 N–H and O–H groups in total. The Morgan fingerprint density at radius 2 is 2.00 bits per heavy atom. The summed E-state index contributed by atoms with van der Waals surface area (Å²) in [5, 5.41) is 9.57. The summed E-state index contributed by atoms with van der Waals surface area (Å²) in [6.45, 7) is 5.95. The molecule has 2 atom stereocenters. The number of carbonyl (C=O) groups is 1. The average molecular weight is 299 g/mol. The topological polar surface area (TPSA) is 53.7 Å². The molecule has 22 heavy (non-hydrogen) atoms.